The second-order valence-electron chi connectivity index (χ2n) is 8.47. The summed E-state index contributed by atoms with van der Waals surface area (Å²) < 4.78 is 26.9. The molecular weight excluding hydrogens is 472 g/mol. The van der Waals surface area contributed by atoms with E-state index in [9.17, 15) is 18.4 Å². The number of halogens is 2. The minimum Gasteiger partial charge on any atom is -0.338 e. The van der Waals surface area contributed by atoms with Crippen molar-refractivity contribution in [1.29, 1.82) is 0 Å². The highest BCUT2D eigenvalue weighted by molar-refractivity contribution is 7.49. The molecule has 0 saturated carbocycles. The summed E-state index contributed by atoms with van der Waals surface area (Å²) in [6.07, 6.45) is 5.30. The summed E-state index contributed by atoms with van der Waals surface area (Å²) in [5, 5.41) is 2.79. The Hall–Kier alpha value is -3.62. The van der Waals surface area contributed by atoms with Crippen LogP contribution in [0, 0.1) is 11.6 Å². The molecule has 0 aliphatic carbocycles. The predicted octanol–water partition coefficient (Wildman–Crippen LogP) is 2.67. The molecule has 1 aliphatic heterocycles. The number of hydrogen-bond acceptors (Lipinski definition) is 4. The highest BCUT2D eigenvalue weighted by Crippen LogP contribution is 2.22. The van der Waals surface area contributed by atoms with Crippen LogP contribution in [0.25, 0.3) is 11.3 Å². The fourth-order valence-corrected chi connectivity index (χ4v) is 3.85. The van der Waals surface area contributed by atoms with Gasteiger partial charge >= 0.3 is 6.03 Å². The lowest BCUT2D eigenvalue weighted by atomic mass is 9.08. The number of carbonyl (C=O) groups excluding carboxylic acids is 2. The summed E-state index contributed by atoms with van der Waals surface area (Å²) in [6.45, 7) is 1.12. The van der Waals surface area contributed by atoms with Crippen molar-refractivity contribution in [1.82, 2.24) is 19.8 Å². The van der Waals surface area contributed by atoms with Crippen molar-refractivity contribution in [3.8, 4) is 11.3 Å². The number of rotatable bonds is 4. The van der Waals surface area contributed by atoms with Crippen LogP contribution in [0.1, 0.15) is 23.2 Å². The molecule has 0 atom stereocenters. The molecule has 7 nitrogen and oxygen atoms in total. The van der Waals surface area contributed by atoms with Gasteiger partial charge in [0.1, 0.15) is 11.6 Å². The van der Waals surface area contributed by atoms with Gasteiger partial charge in [-0.25, -0.2) is 13.6 Å². The minimum absolute atomic E-state index is 0.00556. The Morgan fingerprint density at radius 1 is 1.03 bits per heavy atom. The number of hydrogen-bond donors (Lipinski definition) is 1. The summed E-state index contributed by atoms with van der Waals surface area (Å²) in [5.74, 6) is -1.40. The third-order valence-electron chi connectivity index (χ3n) is 5.72. The maximum absolute atomic E-state index is 13.4. The molecule has 3 heterocycles. The zero-order valence-electron chi connectivity index (χ0n) is 20.3. The normalized spacial score (nSPS) is 13.2. The number of piperidine rings is 1. The van der Waals surface area contributed by atoms with Gasteiger partial charge in [-0.3, -0.25) is 14.8 Å². The zero-order valence-corrected chi connectivity index (χ0v) is 20.3. The highest BCUT2D eigenvalue weighted by Gasteiger charge is 2.28. The Labute approximate surface area is 219 Å². The molecule has 6 radical (unpaired) electrons. The van der Waals surface area contributed by atoms with Gasteiger partial charge in [0.25, 0.3) is 5.91 Å². The molecule has 0 spiro atoms. The quantitative estimate of drug-likeness (QED) is 0.566. The van der Waals surface area contributed by atoms with E-state index in [1.54, 1.807) is 53.5 Å². The second kappa shape index (κ2) is 13.1. The number of amides is 3. The van der Waals surface area contributed by atoms with Crippen molar-refractivity contribution in [2.75, 3.05) is 25.5 Å². The highest BCUT2D eigenvalue weighted by atomic mass is 19.1. The Morgan fingerprint density at radius 3 is 2.16 bits per heavy atom. The first kappa shape index (κ1) is 28.0. The van der Waals surface area contributed by atoms with Gasteiger partial charge in [-0.05, 0) is 49.2 Å². The number of aromatic nitrogens is 2. The minimum atomic E-state index is -0.681. The second-order valence-corrected chi connectivity index (χ2v) is 8.47. The standard InChI is InChI=1S/C24H23F2N5O2.B4/c1-30(21-6-10-31(11-7-21)23(32)16-4-8-27-9-5-16)24(33)29-20-2-3-22(28-15-20)17-12-18(25)14-19(26)13-17;1-4(2)3/h2-5,8-9,12-15,21H,6-7,10-11H2,1H3,(H,29,33);. The molecule has 1 saturated heterocycles. The lowest BCUT2D eigenvalue weighted by Gasteiger charge is -2.36. The number of pyridine rings is 2. The molecule has 37 heavy (non-hydrogen) atoms. The molecule has 182 valence electrons. The largest absolute Gasteiger partial charge is 0.338 e. The van der Waals surface area contributed by atoms with Crippen LogP contribution < -0.4 is 5.32 Å². The number of anilines is 1. The molecule has 3 amide bonds. The Balaban J connectivity index is 0.000000886. The van der Waals surface area contributed by atoms with Crippen molar-refractivity contribution < 1.29 is 18.4 Å². The van der Waals surface area contributed by atoms with Gasteiger partial charge in [0, 0.05) is 85.4 Å². The first-order valence-electron chi connectivity index (χ1n) is 11.6. The molecular formula is C24H23B4F2N5O2. The van der Waals surface area contributed by atoms with E-state index in [0.717, 1.165) is 6.07 Å². The van der Waals surface area contributed by atoms with Crippen molar-refractivity contribution in [3.05, 3.63) is 78.3 Å². The Bertz CT molecular complexity index is 1170. The lowest BCUT2D eigenvalue weighted by Crippen LogP contribution is -2.48. The van der Waals surface area contributed by atoms with E-state index in [-0.39, 0.29) is 18.0 Å². The summed E-state index contributed by atoms with van der Waals surface area (Å²) in [4.78, 5) is 36.8. The van der Waals surface area contributed by atoms with E-state index < -0.39 is 18.0 Å². The van der Waals surface area contributed by atoms with Gasteiger partial charge in [0.05, 0.1) is 17.6 Å². The van der Waals surface area contributed by atoms with E-state index >= 15 is 0 Å². The molecule has 2 aromatic heterocycles. The molecule has 0 unspecified atom stereocenters. The van der Waals surface area contributed by atoms with E-state index in [4.69, 9.17) is 0 Å². The summed E-state index contributed by atoms with van der Waals surface area (Å²) >= 11 is 0. The summed E-state index contributed by atoms with van der Waals surface area (Å²) in [5.41, 5.74) is 1.78. The van der Waals surface area contributed by atoms with Gasteiger partial charge in [-0.1, -0.05) is 0 Å². The van der Waals surface area contributed by atoms with E-state index in [1.807, 2.05) is 0 Å². The molecule has 1 fully saturated rings. The first-order chi connectivity index (χ1) is 17.6. The van der Waals surface area contributed by atoms with Gasteiger partial charge in [-0.15, -0.1) is 0 Å². The first-order valence-corrected chi connectivity index (χ1v) is 11.6. The molecule has 1 N–H and O–H groups in total. The fourth-order valence-electron chi connectivity index (χ4n) is 3.85. The smallest absolute Gasteiger partial charge is 0.321 e. The van der Waals surface area contributed by atoms with Crippen molar-refractivity contribution in [2.24, 2.45) is 0 Å². The monoisotopic (exact) mass is 495 g/mol. The van der Waals surface area contributed by atoms with Crippen LogP contribution in [0.15, 0.2) is 61.1 Å². The molecule has 1 aliphatic rings. The van der Waals surface area contributed by atoms with Crippen LogP contribution in [0.4, 0.5) is 19.3 Å². The maximum Gasteiger partial charge on any atom is 0.321 e. The van der Waals surface area contributed by atoms with Crippen LogP contribution in [0.2, 0.25) is 0 Å². The van der Waals surface area contributed by atoms with Crippen molar-refractivity contribution in [2.45, 2.75) is 18.9 Å². The average molecular weight is 495 g/mol. The molecule has 0 bridgehead atoms. The number of benzene rings is 1. The fraction of sp³-hybridized carbons (Fsp3) is 0.250. The lowest BCUT2D eigenvalue weighted by molar-refractivity contribution is 0.0671. The predicted molar refractivity (Wildman–Crippen MR) is 143 cm³/mol. The molecule has 13 heteroatoms. The summed E-state index contributed by atoms with van der Waals surface area (Å²) in [6, 6.07) is 9.50. The topological polar surface area (TPSA) is 78.4 Å². The van der Waals surface area contributed by atoms with Crippen LogP contribution in [-0.4, -0.2) is 87.5 Å². The van der Waals surface area contributed by atoms with Crippen LogP contribution in [0.5, 0.6) is 0 Å². The SMILES string of the molecule is CN(C(=O)Nc1ccc(-c2cc(F)cc(F)c2)nc1)C1CCN(C(=O)c2ccncc2)CC1.[B]B([B])[B]. The van der Waals surface area contributed by atoms with Crippen LogP contribution in [-0.2, 0) is 0 Å². The van der Waals surface area contributed by atoms with Gasteiger partial charge in [0.15, 0.2) is 0 Å². The number of nitrogens with zero attached hydrogens (tertiary/aromatic N) is 4. The third kappa shape index (κ3) is 8.20. The zero-order chi connectivity index (χ0) is 26.9. The van der Waals surface area contributed by atoms with E-state index in [0.29, 0.717) is 48.4 Å². The van der Waals surface area contributed by atoms with Crippen molar-refractivity contribution >= 4 is 47.2 Å². The van der Waals surface area contributed by atoms with Crippen molar-refractivity contribution in [3.63, 3.8) is 0 Å². The van der Waals surface area contributed by atoms with E-state index in [1.165, 1.54) is 18.3 Å². The van der Waals surface area contributed by atoms with Gasteiger partial charge < -0.3 is 15.1 Å². The third-order valence-corrected chi connectivity index (χ3v) is 5.72. The maximum atomic E-state index is 13.4. The average Bonchev–Trinajstić information content (AvgIpc) is 2.88. The number of carbonyl (C=O) groups is 2. The summed E-state index contributed by atoms with van der Waals surface area (Å²) in [7, 11) is 15.7. The van der Waals surface area contributed by atoms with Crippen LogP contribution in [0.3, 0.4) is 0 Å². The van der Waals surface area contributed by atoms with E-state index in [2.05, 4.69) is 38.5 Å². The number of likely N-dealkylation sites (tertiary alicyclic amines) is 1. The molecule has 4 rings (SSSR count). The number of urea groups is 1. The Morgan fingerprint density at radius 2 is 1.62 bits per heavy atom. The Kier molecular flexibility index (Phi) is 9.88. The molecule has 3 aromatic rings. The van der Waals surface area contributed by atoms with Crippen LogP contribution >= 0.6 is 0 Å². The van der Waals surface area contributed by atoms with Gasteiger partial charge in [-0.2, -0.15) is 0 Å². The van der Waals surface area contributed by atoms with Gasteiger partial charge in [0.2, 0.25) is 0 Å². The molecule has 1 aromatic carbocycles. The number of nitrogens with one attached hydrogen (secondary N) is 1.